The van der Waals surface area contributed by atoms with Crippen LogP contribution in [0.25, 0.3) is 10.9 Å². The minimum absolute atomic E-state index is 0.246. The van der Waals surface area contributed by atoms with E-state index in [0.717, 1.165) is 6.61 Å². The number of fused-ring (bicyclic) bond motifs is 1. The van der Waals surface area contributed by atoms with E-state index in [0.29, 0.717) is 6.04 Å². The normalized spacial score (nSPS) is 30.3. The number of nitrogens with zero attached hydrogens (tertiary/aromatic N) is 1. The zero-order chi connectivity index (χ0) is 13.6. The maximum Gasteiger partial charge on any atom is 0.139 e. The highest BCUT2D eigenvalue weighted by molar-refractivity contribution is 6.33. The van der Waals surface area contributed by atoms with Gasteiger partial charge in [0.2, 0.25) is 0 Å². The molecule has 1 spiro atoms. The zero-order valence-corrected chi connectivity index (χ0v) is 12.3. The van der Waals surface area contributed by atoms with Crippen molar-refractivity contribution in [3.8, 4) is 0 Å². The molecule has 2 fully saturated rings. The van der Waals surface area contributed by atoms with Gasteiger partial charge in [-0.2, -0.15) is 0 Å². The van der Waals surface area contributed by atoms with E-state index in [-0.39, 0.29) is 5.60 Å². The lowest BCUT2D eigenvalue weighted by Crippen LogP contribution is -2.33. The number of rotatable bonds is 1. The van der Waals surface area contributed by atoms with Crippen molar-refractivity contribution in [2.75, 3.05) is 6.61 Å². The van der Waals surface area contributed by atoms with E-state index in [1.807, 2.05) is 0 Å². The summed E-state index contributed by atoms with van der Waals surface area (Å²) in [6.07, 6.45) is 9.83. The number of aromatic nitrogens is 1. The van der Waals surface area contributed by atoms with Gasteiger partial charge < -0.3 is 9.30 Å². The van der Waals surface area contributed by atoms with Crippen molar-refractivity contribution in [2.24, 2.45) is 0 Å². The van der Waals surface area contributed by atoms with Gasteiger partial charge in [0, 0.05) is 24.4 Å². The van der Waals surface area contributed by atoms with E-state index in [9.17, 15) is 0 Å². The topological polar surface area (TPSA) is 14.2 Å². The lowest BCUT2D eigenvalue weighted by molar-refractivity contribution is -0.0328. The van der Waals surface area contributed by atoms with Crippen molar-refractivity contribution in [3.05, 3.63) is 30.5 Å². The van der Waals surface area contributed by atoms with Crippen LogP contribution in [-0.4, -0.2) is 24.6 Å². The fourth-order valence-electron chi connectivity index (χ4n) is 4.16. The van der Waals surface area contributed by atoms with Gasteiger partial charge in [0.1, 0.15) is 7.85 Å². The smallest absolute Gasteiger partial charge is 0.139 e. The van der Waals surface area contributed by atoms with Crippen molar-refractivity contribution < 1.29 is 4.74 Å². The van der Waals surface area contributed by atoms with Crippen molar-refractivity contribution in [2.45, 2.75) is 50.2 Å². The molecule has 0 N–H and O–H groups in total. The molecule has 0 amide bonds. The molecule has 104 valence electrons. The molecule has 20 heavy (non-hydrogen) atoms. The SMILES string of the molecule is Bc1ccc2c(ccn2C2CCC3(CCCO3)CC2)c1. The molecule has 0 bridgehead atoms. The van der Waals surface area contributed by atoms with Gasteiger partial charge in [-0.25, -0.2) is 0 Å². The van der Waals surface area contributed by atoms with Crippen LogP contribution < -0.4 is 5.46 Å². The Kier molecular flexibility index (Phi) is 2.92. The van der Waals surface area contributed by atoms with E-state index in [1.165, 1.54) is 54.9 Å². The monoisotopic (exact) mass is 267 g/mol. The number of hydrogen-bond donors (Lipinski definition) is 0. The molecule has 1 aromatic heterocycles. The largest absolute Gasteiger partial charge is 0.375 e. The Balaban J connectivity index is 1.58. The highest BCUT2D eigenvalue weighted by Gasteiger charge is 2.39. The average molecular weight is 267 g/mol. The van der Waals surface area contributed by atoms with Crippen LogP contribution in [0.2, 0.25) is 0 Å². The molecular weight excluding hydrogens is 245 g/mol. The van der Waals surface area contributed by atoms with Gasteiger partial charge in [0.15, 0.2) is 0 Å². The van der Waals surface area contributed by atoms with E-state index < -0.39 is 0 Å². The van der Waals surface area contributed by atoms with Crippen LogP contribution in [0, 0.1) is 0 Å². The summed E-state index contributed by atoms with van der Waals surface area (Å²) in [7, 11) is 2.17. The van der Waals surface area contributed by atoms with Crippen LogP contribution in [0.3, 0.4) is 0 Å². The molecule has 4 rings (SSSR count). The predicted molar refractivity (Wildman–Crippen MR) is 85.5 cm³/mol. The summed E-state index contributed by atoms with van der Waals surface area (Å²) < 4.78 is 8.54. The molecule has 3 heteroatoms. The van der Waals surface area contributed by atoms with Crippen molar-refractivity contribution in [1.29, 1.82) is 0 Å². The fraction of sp³-hybridized carbons (Fsp3) is 0.529. The summed E-state index contributed by atoms with van der Waals surface area (Å²) in [6, 6.07) is 9.71. The van der Waals surface area contributed by atoms with E-state index in [2.05, 4.69) is 42.9 Å². The van der Waals surface area contributed by atoms with Gasteiger partial charge in [0.25, 0.3) is 0 Å². The van der Waals surface area contributed by atoms with Gasteiger partial charge in [-0.1, -0.05) is 17.6 Å². The van der Waals surface area contributed by atoms with Crippen LogP contribution in [0.1, 0.15) is 44.6 Å². The van der Waals surface area contributed by atoms with Crippen molar-refractivity contribution in [3.63, 3.8) is 0 Å². The summed E-state index contributed by atoms with van der Waals surface area (Å²) in [6.45, 7) is 0.983. The second kappa shape index (κ2) is 4.66. The van der Waals surface area contributed by atoms with Gasteiger partial charge in [0.05, 0.1) is 5.60 Å². The van der Waals surface area contributed by atoms with Crippen LogP contribution in [0.5, 0.6) is 0 Å². The Morgan fingerprint density at radius 3 is 2.75 bits per heavy atom. The molecule has 1 aliphatic carbocycles. The second-order valence-corrected chi connectivity index (χ2v) is 6.65. The third-order valence-corrected chi connectivity index (χ3v) is 5.32. The maximum absolute atomic E-state index is 6.04. The van der Waals surface area contributed by atoms with Gasteiger partial charge in [-0.15, -0.1) is 0 Å². The fourth-order valence-corrected chi connectivity index (χ4v) is 4.16. The van der Waals surface area contributed by atoms with Crippen LogP contribution >= 0.6 is 0 Å². The summed E-state index contributed by atoms with van der Waals surface area (Å²) in [5.74, 6) is 0. The Hall–Kier alpha value is -1.22. The Labute approximate surface area is 121 Å². The molecule has 0 atom stereocenters. The molecule has 1 aliphatic heterocycles. The molecular formula is C17H22BNO. The number of hydrogen-bond acceptors (Lipinski definition) is 1. The van der Waals surface area contributed by atoms with Crippen LogP contribution in [0.15, 0.2) is 30.5 Å². The standard InChI is InChI=1S/C17H22BNO/c18-14-2-3-16-13(12-14)6-10-19(16)15-4-8-17(9-5-15)7-1-11-20-17/h2-3,6,10,12,15H,1,4-5,7-9,11,18H2. The molecule has 2 nitrogen and oxygen atoms in total. The molecule has 0 unspecified atom stereocenters. The summed E-state index contributed by atoms with van der Waals surface area (Å²) >= 11 is 0. The highest BCUT2D eigenvalue weighted by atomic mass is 16.5. The van der Waals surface area contributed by atoms with E-state index >= 15 is 0 Å². The molecule has 1 saturated heterocycles. The maximum atomic E-state index is 6.04. The lowest BCUT2D eigenvalue weighted by atomic mass is 9.80. The van der Waals surface area contributed by atoms with Crippen molar-refractivity contribution >= 4 is 24.2 Å². The molecule has 1 saturated carbocycles. The third-order valence-electron chi connectivity index (χ3n) is 5.32. The molecule has 1 aromatic carbocycles. The molecule has 2 heterocycles. The molecule has 2 aromatic rings. The molecule has 2 aliphatic rings. The first kappa shape index (κ1) is 12.5. The number of benzene rings is 1. The van der Waals surface area contributed by atoms with E-state index in [4.69, 9.17) is 4.74 Å². The minimum atomic E-state index is 0.246. The van der Waals surface area contributed by atoms with Gasteiger partial charge >= 0.3 is 0 Å². The first-order valence-corrected chi connectivity index (χ1v) is 7.97. The first-order chi connectivity index (χ1) is 9.76. The summed E-state index contributed by atoms with van der Waals surface area (Å²) in [5.41, 5.74) is 2.98. The van der Waals surface area contributed by atoms with Crippen molar-refractivity contribution in [1.82, 2.24) is 4.57 Å². The highest BCUT2D eigenvalue weighted by Crippen LogP contribution is 2.43. The average Bonchev–Trinajstić information content (AvgIpc) is 3.07. The number of ether oxygens (including phenoxy) is 1. The van der Waals surface area contributed by atoms with E-state index in [1.54, 1.807) is 0 Å². The minimum Gasteiger partial charge on any atom is -0.375 e. The Bertz CT molecular complexity index is 617. The predicted octanol–water partition coefficient (Wildman–Crippen LogP) is 2.56. The second-order valence-electron chi connectivity index (χ2n) is 6.65. The molecule has 0 radical (unpaired) electrons. The van der Waals surface area contributed by atoms with Gasteiger partial charge in [-0.3, -0.25) is 0 Å². The van der Waals surface area contributed by atoms with Crippen LogP contribution in [-0.2, 0) is 4.74 Å². The summed E-state index contributed by atoms with van der Waals surface area (Å²) in [5, 5.41) is 1.38. The first-order valence-electron chi connectivity index (χ1n) is 7.97. The van der Waals surface area contributed by atoms with Gasteiger partial charge in [-0.05, 0) is 56.0 Å². The van der Waals surface area contributed by atoms with Crippen LogP contribution in [0.4, 0.5) is 0 Å². The lowest BCUT2D eigenvalue weighted by Gasteiger charge is -2.37. The summed E-state index contributed by atoms with van der Waals surface area (Å²) in [4.78, 5) is 0. The third kappa shape index (κ3) is 2.00. The Morgan fingerprint density at radius 2 is 2.00 bits per heavy atom. The Morgan fingerprint density at radius 1 is 1.15 bits per heavy atom. The zero-order valence-electron chi connectivity index (χ0n) is 12.3. The quantitative estimate of drug-likeness (QED) is 0.724.